The molecule has 13 heteroatoms. The molecule has 4 unspecified atom stereocenters. The summed E-state index contributed by atoms with van der Waals surface area (Å²) in [7, 11) is 0. The molecular weight excluding hydrogens is 490 g/mol. The predicted molar refractivity (Wildman–Crippen MR) is 132 cm³/mol. The fraction of sp³-hybridized carbons (Fsp3) is 0.435. The van der Waals surface area contributed by atoms with Crippen molar-refractivity contribution in [3.63, 3.8) is 0 Å². The molecule has 12 nitrogen and oxygen atoms in total. The highest BCUT2D eigenvalue weighted by atomic mass is 32.1. The van der Waals surface area contributed by atoms with Crippen LogP contribution in [0.4, 0.5) is 0 Å². The van der Waals surface area contributed by atoms with Crippen LogP contribution in [-0.2, 0) is 30.4 Å². The maximum absolute atomic E-state index is 12.9. The number of aliphatic carboxylic acids is 2. The Balaban J connectivity index is 1.65. The number of fused-ring (bicyclic) bond motifs is 1. The fourth-order valence-corrected chi connectivity index (χ4v) is 4.50. The van der Waals surface area contributed by atoms with E-state index in [0.717, 1.165) is 10.9 Å². The van der Waals surface area contributed by atoms with Gasteiger partial charge in [0.15, 0.2) is 0 Å². The second-order valence-corrected chi connectivity index (χ2v) is 8.97. The number of nitrogens with zero attached hydrogens (tertiary/aromatic N) is 1. The number of hydrogen-bond donors (Lipinski definition) is 7. The summed E-state index contributed by atoms with van der Waals surface area (Å²) in [5.41, 5.74) is 7.22. The van der Waals surface area contributed by atoms with Crippen molar-refractivity contribution in [1.29, 1.82) is 0 Å². The second kappa shape index (κ2) is 11.9. The summed E-state index contributed by atoms with van der Waals surface area (Å²) in [5, 5.41) is 24.4. The summed E-state index contributed by atoms with van der Waals surface area (Å²) in [6.45, 7) is 0.230. The van der Waals surface area contributed by atoms with Gasteiger partial charge in [0, 0.05) is 35.8 Å². The van der Waals surface area contributed by atoms with E-state index in [-0.39, 0.29) is 18.7 Å². The van der Waals surface area contributed by atoms with Gasteiger partial charge in [-0.1, -0.05) is 18.2 Å². The number of hydrogen-bond acceptors (Lipinski definition) is 7. The highest BCUT2D eigenvalue weighted by Gasteiger charge is 2.38. The Morgan fingerprint density at radius 2 is 1.86 bits per heavy atom. The zero-order valence-electron chi connectivity index (χ0n) is 19.3. The number of carbonyl (C=O) groups excluding carboxylic acids is 3. The SMILES string of the molecule is NC(CC(=O)O)C(=O)N1CCCC1C(=O)NC(CS)C(=O)NC(Cc1c[nH]c2ccccc12)C(=O)O. The number of benzene rings is 1. The van der Waals surface area contributed by atoms with Gasteiger partial charge in [-0.2, -0.15) is 12.6 Å². The van der Waals surface area contributed by atoms with Crippen molar-refractivity contribution >= 4 is 53.2 Å². The number of nitrogens with one attached hydrogen (secondary N) is 3. The van der Waals surface area contributed by atoms with Gasteiger partial charge < -0.3 is 36.5 Å². The minimum Gasteiger partial charge on any atom is -0.481 e. The number of carbonyl (C=O) groups is 5. The van der Waals surface area contributed by atoms with Crippen LogP contribution in [-0.4, -0.2) is 86.2 Å². The van der Waals surface area contributed by atoms with Gasteiger partial charge in [-0.3, -0.25) is 19.2 Å². The lowest BCUT2D eigenvalue weighted by Crippen LogP contribution is -2.57. The molecule has 36 heavy (non-hydrogen) atoms. The normalized spacial score (nSPS) is 17.8. The van der Waals surface area contributed by atoms with E-state index < -0.39 is 60.2 Å². The smallest absolute Gasteiger partial charge is 0.326 e. The first-order valence-electron chi connectivity index (χ1n) is 11.4. The first-order valence-corrected chi connectivity index (χ1v) is 12.0. The average molecular weight is 520 g/mol. The number of carboxylic acid groups (broad SMARTS) is 2. The molecule has 7 N–H and O–H groups in total. The summed E-state index contributed by atoms with van der Waals surface area (Å²) in [6.07, 6.45) is 1.96. The van der Waals surface area contributed by atoms with Crippen LogP contribution in [0.2, 0.25) is 0 Å². The lowest BCUT2D eigenvalue weighted by Gasteiger charge is -2.28. The van der Waals surface area contributed by atoms with Crippen LogP contribution in [0.25, 0.3) is 10.9 Å². The molecule has 1 aromatic heterocycles. The van der Waals surface area contributed by atoms with Crippen molar-refractivity contribution in [2.75, 3.05) is 12.3 Å². The molecule has 1 fully saturated rings. The number of thiol groups is 1. The molecule has 1 aliphatic heterocycles. The first-order chi connectivity index (χ1) is 17.1. The Morgan fingerprint density at radius 3 is 2.53 bits per heavy atom. The van der Waals surface area contributed by atoms with Crippen molar-refractivity contribution < 1.29 is 34.2 Å². The Morgan fingerprint density at radius 1 is 1.14 bits per heavy atom. The van der Waals surface area contributed by atoms with E-state index in [1.54, 1.807) is 6.20 Å². The Bertz CT molecular complexity index is 1150. The highest BCUT2D eigenvalue weighted by Crippen LogP contribution is 2.20. The zero-order chi connectivity index (χ0) is 26.4. The van der Waals surface area contributed by atoms with Crippen LogP contribution >= 0.6 is 12.6 Å². The van der Waals surface area contributed by atoms with E-state index in [4.69, 9.17) is 10.8 Å². The van der Waals surface area contributed by atoms with Crippen molar-refractivity contribution in [2.45, 2.75) is 49.9 Å². The number of para-hydroxylation sites is 1. The summed E-state index contributed by atoms with van der Waals surface area (Å²) >= 11 is 4.12. The van der Waals surface area contributed by atoms with Crippen LogP contribution in [0.1, 0.15) is 24.8 Å². The van der Waals surface area contributed by atoms with Crippen LogP contribution in [0.5, 0.6) is 0 Å². The lowest BCUT2D eigenvalue weighted by molar-refractivity contribution is -0.144. The van der Waals surface area contributed by atoms with Crippen molar-refractivity contribution in [3.05, 3.63) is 36.0 Å². The Labute approximate surface area is 212 Å². The van der Waals surface area contributed by atoms with Crippen LogP contribution in [0.15, 0.2) is 30.5 Å². The third kappa shape index (κ3) is 6.34. The maximum Gasteiger partial charge on any atom is 0.326 e. The largest absolute Gasteiger partial charge is 0.481 e. The quantitative estimate of drug-likeness (QED) is 0.193. The Hall–Kier alpha value is -3.58. The first kappa shape index (κ1) is 27.0. The van der Waals surface area contributed by atoms with E-state index in [2.05, 4.69) is 28.2 Å². The van der Waals surface area contributed by atoms with Gasteiger partial charge in [0.2, 0.25) is 17.7 Å². The molecule has 3 rings (SSSR count). The molecule has 2 heterocycles. The van der Waals surface area contributed by atoms with E-state index in [1.165, 1.54) is 4.90 Å². The number of aromatic amines is 1. The molecule has 3 amide bonds. The number of nitrogens with two attached hydrogens (primary N) is 1. The summed E-state index contributed by atoms with van der Waals surface area (Å²) in [5.74, 6) is -4.60. The molecule has 0 radical (unpaired) electrons. The number of carboxylic acids is 2. The van der Waals surface area contributed by atoms with Gasteiger partial charge in [0.1, 0.15) is 18.1 Å². The molecule has 0 bridgehead atoms. The van der Waals surface area contributed by atoms with Crippen molar-refractivity contribution in [3.8, 4) is 0 Å². The van der Waals surface area contributed by atoms with Gasteiger partial charge >= 0.3 is 11.9 Å². The van der Waals surface area contributed by atoms with Gasteiger partial charge in [-0.05, 0) is 24.5 Å². The van der Waals surface area contributed by atoms with Crippen molar-refractivity contribution in [2.24, 2.45) is 5.73 Å². The van der Waals surface area contributed by atoms with Crippen LogP contribution in [0.3, 0.4) is 0 Å². The molecular formula is C23H29N5O7S. The second-order valence-electron chi connectivity index (χ2n) is 8.60. The lowest BCUT2D eigenvalue weighted by atomic mass is 10.0. The average Bonchev–Trinajstić information content (AvgIpc) is 3.48. The van der Waals surface area contributed by atoms with Crippen molar-refractivity contribution in [1.82, 2.24) is 20.5 Å². The molecule has 1 aliphatic rings. The number of rotatable bonds is 11. The Kier molecular flexibility index (Phi) is 8.93. The minimum absolute atomic E-state index is 0.0185. The predicted octanol–water partition coefficient (Wildman–Crippen LogP) is -0.513. The molecule has 0 spiro atoms. The van der Waals surface area contributed by atoms with E-state index in [1.807, 2.05) is 24.3 Å². The number of amides is 3. The molecule has 1 aromatic carbocycles. The van der Waals surface area contributed by atoms with E-state index in [9.17, 15) is 29.1 Å². The van der Waals surface area contributed by atoms with Crippen LogP contribution in [0, 0.1) is 0 Å². The van der Waals surface area contributed by atoms with Crippen LogP contribution < -0.4 is 16.4 Å². The molecule has 194 valence electrons. The third-order valence-corrected chi connectivity index (χ3v) is 6.44. The summed E-state index contributed by atoms with van der Waals surface area (Å²) in [4.78, 5) is 65.3. The van der Waals surface area contributed by atoms with E-state index in [0.29, 0.717) is 18.4 Å². The molecule has 0 aliphatic carbocycles. The number of aromatic nitrogens is 1. The maximum atomic E-state index is 12.9. The fourth-order valence-electron chi connectivity index (χ4n) is 4.25. The third-order valence-electron chi connectivity index (χ3n) is 6.08. The highest BCUT2D eigenvalue weighted by molar-refractivity contribution is 7.80. The topological polar surface area (TPSA) is 195 Å². The van der Waals surface area contributed by atoms with Gasteiger partial charge in [0.25, 0.3) is 0 Å². The minimum atomic E-state index is -1.29. The monoisotopic (exact) mass is 519 g/mol. The molecule has 2 aromatic rings. The molecule has 0 saturated carbocycles. The zero-order valence-corrected chi connectivity index (χ0v) is 20.2. The van der Waals surface area contributed by atoms with Gasteiger partial charge in [-0.25, -0.2) is 4.79 Å². The van der Waals surface area contributed by atoms with Gasteiger partial charge in [0.05, 0.1) is 12.5 Å². The summed E-state index contributed by atoms with van der Waals surface area (Å²) in [6, 6.07) is 2.74. The van der Waals surface area contributed by atoms with E-state index >= 15 is 0 Å². The van der Waals surface area contributed by atoms with Gasteiger partial charge in [-0.15, -0.1) is 0 Å². The summed E-state index contributed by atoms with van der Waals surface area (Å²) < 4.78 is 0. The molecule has 4 atom stereocenters. The number of H-pyrrole nitrogens is 1. The molecule has 1 saturated heterocycles. The number of likely N-dealkylation sites (tertiary alicyclic amines) is 1. The standard InChI is InChI=1S/C23H29N5O7S/c24-14(9-19(29)30)22(33)28-7-3-6-18(28)21(32)27-17(11-36)20(31)26-16(23(34)35)8-12-10-25-15-5-2-1-4-13(12)15/h1-2,4-5,10,14,16-18,25,36H,3,6-9,11,24H2,(H,26,31)(H,27,32)(H,29,30)(H,34,35).